The first-order valence-corrected chi connectivity index (χ1v) is 23.2. The number of nitrogens with one attached hydrogen (secondary N) is 2. The zero-order valence-corrected chi connectivity index (χ0v) is 42.0. The van der Waals surface area contributed by atoms with E-state index in [0.717, 1.165) is 12.8 Å². The van der Waals surface area contributed by atoms with E-state index in [9.17, 15) is 19.2 Å². The topological polar surface area (TPSA) is 207 Å². The normalized spacial score (nSPS) is 20.0. The van der Waals surface area contributed by atoms with Crippen molar-refractivity contribution in [1.82, 2.24) is 34.6 Å². The van der Waals surface area contributed by atoms with E-state index >= 15 is 0 Å². The number of hydrogen-bond donors (Lipinski definition) is 2. The Morgan fingerprint density at radius 2 is 1.36 bits per heavy atom. The number of carbonyl (C=O) groups excluding carboxylic acids is 4. The van der Waals surface area contributed by atoms with Gasteiger partial charge in [-0.1, -0.05) is 30.3 Å². The van der Waals surface area contributed by atoms with Gasteiger partial charge in [-0.3, -0.25) is 9.88 Å². The number of alkyl carbamates (subject to hydrolysis) is 1. The number of aryl methyl sites for hydroxylation is 1. The van der Waals surface area contributed by atoms with Gasteiger partial charge in [0.15, 0.2) is 29.0 Å². The summed E-state index contributed by atoms with van der Waals surface area (Å²) in [5.41, 5.74) is -1.16. The number of nitrogens with zero attached hydrogens (tertiary/aromatic N) is 6. The van der Waals surface area contributed by atoms with Gasteiger partial charge in [0, 0.05) is 26.2 Å². The van der Waals surface area contributed by atoms with Crippen LogP contribution >= 0.6 is 0 Å². The zero-order valence-electron chi connectivity index (χ0n) is 42.0. The highest BCUT2D eigenvalue weighted by molar-refractivity contribution is 5.93. The molecule has 2 aromatic heterocycles. The maximum Gasteiger partial charge on any atom is 0.413 e. The van der Waals surface area contributed by atoms with Gasteiger partial charge in [-0.15, -0.1) is 0 Å². The molecule has 0 unspecified atom stereocenters. The molecule has 2 aliphatic heterocycles. The van der Waals surface area contributed by atoms with Crippen LogP contribution in [0.5, 0.6) is 0 Å². The third kappa shape index (κ3) is 16.6. The van der Waals surface area contributed by atoms with Gasteiger partial charge < -0.3 is 48.3 Å². The van der Waals surface area contributed by atoms with Crippen molar-refractivity contribution < 1.29 is 52.3 Å². The van der Waals surface area contributed by atoms with E-state index in [-0.39, 0.29) is 12.2 Å². The van der Waals surface area contributed by atoms with Crippen molar-refractivity contribution >= 4 is 41.2 Å². The Bertz CT molecular complexity index is 2140. The van der Waals surface area contributed by atoms with Crippen molar-refractivity contribution in [2.45, 2.75) is 181 Å². The number of esters is 1. The lowest BCUT2D eigenvalue weighted by molar-refractivity contribution is -0.198. The Morgan fingerprint density at radius 1 is 0.746 bits per heavy atom. The maximum atomic E-state index is 13.7. The quantitative estimate of drug-likeness (QED) is 0.0979. The smallest absolute Gasteiger partial charge is 0.413 e. The Hall–Kier alpha value is -5.11. The van der Waals surface area contributed by atoms with Crippen LogP contribution < -0.4 is 10.6 Å². The summed E-state index contributed by atoms with van der Waals surface area (Å²) in [6.07, 6.45) is 0.768. The number of ether oxygens (including phenoxy) is 7. The van der Waals surface area contributed by atoms with E-state index in [1.54, 1.807) is 78.1 Å². The highest BCUT2D eigenvalue weighted by Gasteiger charge is 2.56. The fourth-order valence-corrected chi connectivity index (χ4v) is 7.72. The first kappa shape index (κ1) is 52.9. The standard InChI is InChI=1S/C48H74N8O11/c1-44(2,3)64-40(57)32(52-41(58)65-45(4,5)6)23-27-54(24-19-26-55(43(60)67-47(10,11)12)25-18-22-31-20-16-15-17-21-31)28-33-35-36(63-48(13,14)62-35)39(61-33)56-30-51-34-37(49-29-50-38(34)56)53-42(59)66-46(7,8)9/h15-17,20-21,29-30,32-33,35-36,39H,18-19,22-28H2,1-14H3,(H,52,58)(H,49,50,53,59)/t32-,33+,35+,36+,39+/m0/s1. The molecule has 0 aliphatic carbocycles. The van der Waals surface area contributed by atoms with Gasteiger partial charge in [0.05, 0.1) is 6.33 Å². The summed E-state index contributed by atoms with van der Waals surface area (Å²) in [5, 5.41) is 5.42. The average Bonchev–Trinajstić information content (AvgIpc) is 3.84. The first-order chi connectivity index (χ1) is 31.0. The lowest BCUT2D eigenvalue weighted by Crippen LogP contribution is -2.48. The van der Waals surface area contributed by atoms with Crippen molar-refractivity contribution in [3.8, 4) is 0 Å². The second-order valence-electron chi connectivity index (χ2n) is 21.5. The van der Waals surface area contributed by atoms with Gasteiger partial charge in [-0.25, -0.2) is 34.1 Å². The summed E-state index contributed by atoms with van der Waals surface area (Å²) >= 11 is 0. The van der Waals surface area contributed by atoms with E-state index in [1.165, 1.54) is 11.9 Å². The molecule has 0 radical (unpaired) electrons. The van der Waals surface area contributed by atoms with Crippen molar-refractivity contribution in [3.05, 3.63) is 48.5 Å². The van der Waals surface area contributed by atoms with Crippen molar-refractivity contribution in [3.63, 3.8) is 0 Å². The number of hydrogen-bond acceptors (Lipinski definition) is 15. The van der Waals surface area contributed by atoms with E-state index in [4.69, 9.17) is 33.2 Å². The molecule has 4 heterocycles. The largest absolute Gasteiger partial charge is 0.458 e. The molecule has 3 aromatic rings. The Morgan fingerprint density at radius 3 is 2.00 bits per heavy atom. The molecule has 2 N–H and O–H groups in total. The summed E-state index contributed by atoms with van der Waals surface area (Å²) in [6.45, 7) is 27.0. The number of imidazole rings is 1. The summed E-state index contributed by atoms with van der Waals surface area (Å²) in [6, 6.07) is 9.08. The molecule has 19 heteroatoms. The van der Waals surface area contributed by atoms with Crippen LogP contribution in [0.4, 0.5) is 20.2 Å². The SMILES string of the molecule is CC(C)(C)OC(=O)Nc1ncnc2c1ncn2[C@@H]1O[C@H](CN(CCCN(CCCc2ccccc2)C(=O)OC(C)(C)C)CC[C@H](NC(=O)OC(C)(C)C)C(=O)OC(C)(C)C)[C@H]2OC(C)(C)O[C@H]21. The molecule has 5 rings (SSSR count). The predicted octanol–water partition coefficient (Wildman–Crippen LogP) is 7.78. The molecule has 5 atom stereocenters. The monoisotopic (exact) mass is 939 g/mol. The molecule has 0 bridgehead atoms. The second-order valence-corrected chi connectivity index (χ2v) is 21.5. The summed E-state index contributed by atoms with van der Waals surface area (Å²) < 4.78 is 44.2. The molecular formula is C48H74N8O11. The van der Waals surface area contributed by atoms with Crippen LogP contribution in [0.15, 0.2) is 43.0 Å². The minimum atomic E-state index is -1.05. The molecule has 19 nitrogen and oxygen atoms in total. The highest BCUT2D eigenvalue weighted by Crippen LogP contribution is 2.44. The van der Waals surface area contributed by atoms with E-state index in [0.29, 0.717) is 50.3 Å². The second kappa shape index (κ2) is 21.5. The molecular weight excluding hydrogens is 865 g/mol. The zero-order chi connectivity index (χ0) is 49.5. The number of anilines is 1. The van der Waals surface area contributed by atoms with Crippen molar-refractivity contribution in [2.24, 2.45) is 0 Å². The van der Waals surface area contributed by atoms with Gasteiger partial charge in [0.1, 0.15) is 53.1 Å². The average molecular weight is 939 g/mol. The summed E-state index contributed by atoms with van der Waals surface area (Å²) in [5.74, 6) is -1.41. The molecule has 0 saturated carbocycles. The molecule has 0 spiro atoms. The maximum absolute atomic E-state index is 13.7. The van der Waals surface area contributed by atoms with E-state index < -0.39 is 83.0 Å². The van der Waals surface area contributed by atoms with Gasteiger partial charge in [-0.05, 0) is 135 Å². The van der Waals surface area contributed by atoms with Crippen LogP contribution in [-0.4, -0.2) is 139 Å². The molecule has 3 amide bonds. The molecule has 372 valence electrons. The molecule has 1 aromatic carbocycles. The van der Waals surface area contributed by atoms with Gasteiger partial charge in [0.25, 0.3) is 0 Å². The van der Waals surface area contributed by atoms with Crippen LogP contribution in [0.1, 0.15) is 128 Å². The van der Waals surface area contributed by atoms with Crippen LogP contribution in [-0.2, 0) is 44.4 Å². The Kier molecular flexibility index (Phi) is 16.9. The minimum Gasteiger partial charge on any atom is -0.458 e. The van der Waals surface area contributed by atoms with Gasteiger partial charge in [0.2, 0.25) is 0 Å². The lowest BCUT2D eigenvalue weighted by atomic mass is 10.1. The van der Waals surface area contributed by atoms with Crippen molar-refractivity contribution in [2.75, 3.05) is 38.0 Å². The third-order valence-corrected chi connectivity index (χ3v) is 10.2. The number of fused-ring (bicyclic) bond motifs is 2. The summed E-state index contributed by atoms with van der Waals surface area (Å²) in [7, 11) is 0. The van der Waals surface area contributed by atoms with Crippen LogP contribution in [0, 0.1) is 0 Å². The van der Waals surface area contributed by atoms with Crippen molar-refractivity contribution in [1.29, 1.82) is 0 Å². The van der Waals surface area contributed by atoms with Gasteiger partial charge in [-0.2, -0.15) is 0 Å². The molecule has 2 fully saturated rings. The fourth-order valence-electron chi connectivity index (χ4n) is 7.72. The first-order valence-electron chi connectivity index (χ1n) is 23.2. The minimum absolute atomic E-state index is 0.157. The lowest BCUT2D eigenvalue weighted by Gasteiger charge is -2.32. The highest BCUT2D eigenvalue weighted by atomic mass is 16.8. The third-order valence-electron chi connectivity index (χ3n) is 10.2. The number of aromatic nitrogens is 4. The van der Waals surface area contributed by atoms with Gasteiger partial charge >= 0.3 is 24.2 Å². The number of rotatable bonds is 17. The van der Waals surface area contributed by atoms with E-state index in [2.05, 4.69) is 42.6 Å². The van der Waals surface area contributed by atoms with E-state index in [1.807, 2.05) is 52.8 Å². The predicted molar refractivity (Wildman–Crippen MR) is 250 cm³/mol. The number of benzene rings is 1. The number of amides is 3. The van der Waals surface area contributed by atoms with Crippen LogP contribution in [0.3, 0.4) is 0 Å². The Labute approximate surface area is 395 Å². The molecule has 2 saturated heterocycles. The fraction of sp³-hybridized carbons (Fsp3) is 0.688. The number of carbonyl (C=O) groups is 4. The summed E-state index contributed by atoms with van der Waals surface area (Å²) in [4.78, 5) is 70.3. The van der Waals surface area contributed by atoms with Crippen LogP contribution in [0.25, 0.3) is 11.2 Å². The molecule has 67 heavy (non-hydrogen) atoms. The molecule has 2 aliphatic rings. The van der Waals surface area contributed by atoms with Crippen LogP contribution in [0.2, 0.25) is 0 Å². The Balaban J connectivity index is 1.41.